The minimum Gasteiger partial charge on any atom is -0.303 e. The molecule has 0 saturated carbocycles. The predicted molar refractivity (Wildman–Crippen MR) is 69.1 cm³/mol. The lowest BCUT2D eigenvalue weighted by Crippen LogP contribution is -2.35. The Labute approximate surface area is 99.0 Å². The molecule has 3 heteroatoms. The van der Waals surface area contributed by atoms with Crippen LogP contribution >= 0.6 is 11.8 Å². The van der Waals surface area contributed by atoms with Crippen molar-refractivity contribution in [3.63, 3.8) is 0 Å². The zero-order valence-corrected chi connectivity index (χ0v) is 11.5. The van der Waals surface area contributed by atoms with Gasteiger partial charge in [0.25, 0.3) is 0 Å². The van der Waals surface area contributed by atoms with E-state index in [4.69, 9.17) is 5.26 Å². The zero-order chi connectivity index (χ0) is 11.9. The van der Waals surface area contributed by atoms with Crippen LogP contribution in [0.25, 0.3) is 0 Å². The number of nitriles is 1. The van der Waals surface area contributed by atoms with Crippen LogP contribution in [0.15, 0.2) is 0 Å². The molecule has 0 saturated heterocycles. The number of nitrogens with zero attached hydrogens (tertiary/aromatic N) is 2. The minimum atomic E-state index is -0.189. The van der Waals surface area contributed by atoms with E-state index in [1.165, 1.54) is 12.2 Å². The highest BCUT2D eigenvalue weighted by atomic mass is 32.2. The predicted octanol–water partition coefficient (Wildman–Crippen LogP) is 3.00. The van der Waals surface area contributed by atoms with Gasteiger partial charge in [-0.05, 0) is 46.5 Å². The number of thioether (sulfide) groups is 1. The molecule has 0 amide bonds. The fourth-order valence-corrected chi connectivity index (χ4v) is 2.32. The van der Waals surface area contributed by atoms with Crippen LogP contribution in [-0.4, -0.2) is 36.5 Å². The zero-order valence-electron chi connectivity index (χ0n) is 10.7. The van der Waals surface area contributed by atoms with Gasteiger partial charge in [-0.25, -0.2) is 0 Å². The second-order valence-electron chi connectivity index (χ2n) is 4.74. The van der Waals surface area contributed by atoms with E-state index < -0.39 is 0 Å². The summed E-state index contributed by atoms with van der Waals surface area (Å²) in [5.74, 6) is 1.18. The topological polar surface area (TPSA) is 27.0 Å². The third kappa shape index (κ3) is 6.06. The fraction of sp³-hybridized carbons (Fsp3) is 0.917. The van der Waals surface area contributed by atoms with Crippen molar-refractivity contribution in [3.05, 3.63) is 0 Å². The van der Waals surface area contributed by atoms with Crippen molar-refractivity contribution >= 4 is 11.8 Å². The summed E-state index contributed by atoms with van der Waals surface area (Å²) >= 11 is 1.90. The van der Waals surface area contributed by atoms with Gasteiger partial charge in [-0.2, -0.15) is 17.0 Å². The average Bonchev–Trinajstić information content (AvgIpc) is 2.22. The van der Waals surface area contributed by atoms with Crippen LogP contribution in [0, 0.1) is 16.7 Å². The van der Waals surface area contributed by atoms with E-state index >= 15 is 0 Å². The summed E-state index contributed by atoms with van der Waals surface area (Å²) in [6.07, 6.45) is 4.28. The summed E-state index contributed by atoms with van der Waals surface area (Å²) in [4.78, 5) is 2.38. The molecule has 0 aliphatic rings. The molecular formula is C12H24N2S. The molecule has 0 aromatic rings. The molecule has 0 heterocycles. The second kappa shape index (κ2) is 7.14. The van der Waals surface area contributed by atoms with Crippen molar-refractivity contribution < 1.29 is 0 Å². The Morgan fingerprint density at radius 1 is 1.47 bits per heavy atom. The molecule has 2 nitrogen and oxygen atoms in total. The maximum Gasteiger partial charge on any atom is 0.0684 e. The number of hydrogen-bond acceptors (Lipinski definition) is 3. The Balaban J connectivity index is 4.01. The van der Waals surface area contributed by atoms with Gasteiger partial charge in [0.05, 0.1) is 11.5 Å². The Hall–Kier alpha value is -0.200. The van der Waals surface area contributed by atoms with Gasteiger partial charge < -0.3 is 4.90 Å². The van der Waals surface area contributed by atoms with Gasteiger partial charge in [-0.3, -0.25) is 0 Å². The highest BCUT2D eigenvalue weighted by Gasteiger charge is 2.19. The Kier molecular flexibility index (Phi) is 7.04. The molecule has 0 fully saturated rings. The van der Waals surface area contributed by atoms with Crippen LogP contribution in [0.3, 0.4) is 0 Å². The molecule has 15 heavy (non-hydrogen) atoms. The van der Waals surface area contributed by atoms with Crippen molar-refractivity contribution in [1.82, 2.24) is 4.90 Å². The summed E-state index contributed by atoms with van der Waals surface area (Å²) in [6.45, 7) is 7.26. The van der Waals surface area contributed by atoms with Gasteiger partial charge >= 0.3 is 0 Å². The van der Waals surface area contributed by atoms with Crippen LogP contribution in [0.5, 0.6) is 0 Å². The largest absolute Gasteiger partial charge is 0.303 e. The van der Waals surface area contributed by atoms with E-state index in [9.17, 15) is 0 Å². The van der Waals surface area contributed by atoms with Crippen LogP contribution in [0.2, 0.25) is 0 Å². The van der Waals surface area contributed by atoms with Crippen LogP contribution in [0.1, 0.15) is 33.6 Å². The third-order valence-electron chi connectivity index (χ3n) is 2.85. The monoisotopic (exact) mass is 228 g/mol. The van der Waals surface area contributed by atoms with E-state index in [1.807, 2.05) is 25.6 Å². The summed E-state index contributed by atoms with van der Waals surface area (Å²) in [6, 6.07) is 3.00. The van der Waals surface area contributed by atoms with Crippen LogP contribution in [0.4, 0.5) is 0 Å². The Bertz CT molecular complexity index is 208. The molecule has 0 rings (SSSR count). The summed E-state index contributed by atoms with van der Waals surface area (Å²) in [7, 11) is 2.16. The Morgan fingerprint density at radius 3 is 2.47 bits per heavy atom. The molecule has 0 aromatic heterocycles. The molecule has 0 spiro atoms. The smallest absolute Gasteiger partial charge is 0.0684 e. The van der Waals surface area contributed by atoms with E-state index in [0.29, 0.717) is 6.04 Å². The highest BCUT2D eigenvalue weighted by molar-refractivity contribution is 7.98. The first-order valence-electron chi connectivity index (χ1n) is 5.57. The van der Waals surface area contributed by atoms with Crippen LogP contribution in [-0.2, 0) is 0 Å². The highest BCUT2D eigenvalue weighted by Crippen LogP contribution is 2.20. The standard InChI is InChI=1S/C12H24N2S/c1-6-11(9-15-5)14(4)8-7-12(2,3)10-13/h11H,6-9H2,1-5H3. The van der Waals surface area contributed by atoms with E-state index in [-0.39, 0.29) is 5.41 Å². The molecule has 0 radical (unpaired) electrons. The van der Waals surface area contributed by atoms with Gasteiger partial charge in [0.1, 0.15) is 0 Å². The normalized spacial score (nSPS) is 13.9. The van der Waals surface area contributed by atoms with Crippen molar-refractivity contribution in [1.29, 1.82) is 5.26 Å². The summed E-state index contributed by atoms with van der Waals surface area (Å²) in [5, 5.41) is 8.93. The lowest BCUT2D eigenvalue weighted by molar-refractivity contribution is 0.228. The van der Waals surface area contributed by atoms with Gasteiger partial charge in [0, 0.05) is 11.8 Å². The molecule has 0 aliphatic heterocycles. The first-order chi connectivity index (χ1) is 6.96. The fourth-order valence-electron chi connectivity index (χ4n) is 1.44. The van der Waals surface area contributed by atoms with Gasteiger partial charge in [0.15, 0.2) is 0 Å². The lowest BCUT2D eigenvalue weighted by Gasteiger charge is -2.28. The molecule has 0 aliphatic carbocycles. The molecule has 0 aromatic carbocycles. The van der Waals surface area contributed by atoms with Gasteiger partial charge in [-0.15, -0.1) is 0 Å². The second-order valence-corrected chi connectivity index (χ2v) is 5.65. The summed E-state index contributed by atoms with van der Waals surface area (Å²) < 4.78 is 0. The van der Waals surface area contributed by atoms with E-state index in [0.717, 1.165) is 13.0 Å². The van der Waals surface area contributed by atoms with E-state index in [1.54, 1.807) is 0 Å². The van der Waals surface area contributed by atoms with Gasteiger partial charge in [0.2, 0.25) is 0 Å². The number of rotatable bonds is 7. The first kappa shape index (κ1) is 14.8. The van der Waals surface area contributed by atoms with Gasteiger partial charge in [-0.1, -0.05) is 6.92 Å². The minimum absolute atomic E-state index is 0.189. The maximum atomic E-state index is 8.93. The third-order valence-corrected chi connectivity index (χ3v) is 3.56. The molecule has 1 unspecified atom stereocenters. The summed E-state index contributed by atoms with van der Waals surface area (Å²) in [5.41, 5.74) is -0.189. The van der Waals surface area contributed by atoms with E-state index in [2.05, 4.69) is 31.2 Å². The van der Waals surface area contributed by atoms with Crippen LogP contribution < -0.4 is 0 Å². The first-order valence-corrected chi connectivity index (χ1v) is 6.96. The van der Waals surface area contributed by atoms with Crippen molar-refractivity contribution in [2.24, 2.45) is 5.41 Å². The molecule has 0 bridgehead atoms. The molecular weight excluding hydrogens is 204 g/mol. The quantitative estimate of drug-likeness (QED) is 0.670. The average molecular weight is 228 g/mol. The molecule has 1 atom stereocenters. The molecule has 0 N–H and O–H groups in total. The Morgan fingerprint density at radius 2 is 2.07 bits per heavy atom. The van der Waals surface area contributed by atoms with Crippen molar-refractivity contribution in [3.8, 4) is 6.07 Å². The van der Waals surface area contributed by atoms with Crippen molar-refractivity contribution in [2.75, 3.05) is 25.6 Å². The lowest BCUT2D eigenvalue weighted by atomic mass is 9.91. The SMILES string of the molecule is CCC(CSC)N(C)CCC(C)(C)C#N. The number of hydrogen-bond donors (Lipinski definition) is 0. The molecule has 88 valence electrons. The van der Waals surface area contributed by atoms with Crippen molar-refractivity contribution in [2.45, 2.75) is 39.7 Å². The maximum absolute atomic E-state index is 8.93.